The summed E-state index contributed by atoms with van der Waals surface area (Å²) in [6, 6.07) is 7.87. The number of hydrogen-bond donors (Lipinski definition) is 0. The smallest absolute Gasteiger partial charge is 0.338 e. The largest absolute Gasteiger partial charge is 0.452 e. The quantitative estimate of drug-likeness (QED) is 0.612. The van der Waals surface area contributed by atoms with E-state index in [0.717, 1.165) is 14.7 Å². The number of thiophene rings is 1. The second kappa shape index (κ2) is 6.59. The fourth-order valence-electron chi connectivity index (χ4n) is 1.77. The molecule has 2 heterocycles. The lowest BCUT2D eigenvalue weighted by atomic mass is 10.1. The number of aromatic nitrogens is 2. The van der Waals surface area contributed by atoms with E-state index < -0.39 is 11.8 Å². The molecule has 0 spiro atoms. The van der Waals surface area contributed by atoms with E-state index in [4.69, 9.17) is 9.15 Å². The van der Waals surface area contributed by atoms with Crippen LogP contribution < -0.4 is 0 Å². The summed E-state index contributed by atoms with van der Waals surface area (Å²) in [7, 11) is 0. The van der Waals surface area contributed by atoms with Gasteiger partial charge in [-0.05, 0) is 52.7 Å². The molecule has 0 N–H and O–H groups in total. The number of rotatable bonds is 4. The fourth-order valence-corrected chi connectivity index (χ4v) is 3.08. The van der Waals surface area contributed by atoms with Crippen LogP contribution in [-0.4, -0.2) is 16.2 Å². The van der Waals surface area contributed by atoms with Crippen molar-refractivity contribution in [1.82, 2.24) is 10.2 Å². The highest BCUT2D eigenvalue weighted by atomic mass is 79.9. The van der Waals surface area contributed by atoms with Gasteiger partial charge >= 0.3 is 5.97 Å². The Balaban J connectivity index is 1.65. The van der Waals surface area contributed by atoms with E-state index in [2.05, 4.69) is 26.1 Å². The molecule has 0 amide bonds. The molecule has 0 saturated heterocycles. The first-order valence-corrected chi connectivity index (χ1v) is 8.15. The molecule has 23 heavy (non-hydrogen) atoms. The van der Waals surface area contributed by atoms with Crippen molar-refractivity contribution in [1.29, 1.82) is 0 Å². The average Bonchev–Trinajstić information content (AvgIpc) is 3.16. The van der Waals surface area contributed by atoms with Gasteiger partial charge in [0.2, 0.25) is 0 Å². The minimum Gasteiger partial charge on any atom is -0.452 e. The Hall–Kier alpha value is -2.06. The predicted octanol–water partition coefficient (Wildman–Crippen LogP) is 4.37. The van der Waals surface area contributed by atoms with E-state index in [0.29, 0.717) is 11.5 Å². The number of halogens is 2. The highest BCUT2D eigenvalue weighted by Crippen LogP contribution is 2.30. The van der Waals surface area contributed by atoms with E-state index in [9.17, 15) is 9.18 Å². The summed E-state index contributed by atoms with van der Waals surface area (Å²) in [5.74, 6) is -0.580. The molecule has 0 atom stereocenters. The maximum absolute atomic E-state index is 13.4. The Bertz CT molecular complexity index is 862. The first kappa shape index (κ1) is 15.8. The molecule has 3 aromatic rings. The molecule has 2 aromatic heterocycles. The fraction of sp³-hybridized carbons (Fsp3) is 0.133. The lowest BCUT2D eigenvalue weighted by Crippen LogP contribution is -2.06. The summed E-state index contributed by atoms with van der Waals surface area (Å²) in [6.07, 6.45) is 0. The van der Waals surface area contributed by atoms with E-state index in [1.165, 1.54) is 23.5 Å². The Labute approximate surface area is 143 Å². The van der Waals surface area contributed by atoms with Crippen LogP contribution in [0, 0.1) is 12.7 Å². The SMILES string of the molecule is Cc1ccc(C(=O)OCc2nnc(-c3ccc(Br)s3)o2)cc1F. The van der Waals surface area contributed by atoms with Gasteiger partial charge in [0.05, 0.1) is 14.2 Å². The molecule has 0 aliphatic rings. The topological polar surface area (TPSA) is 65.2 Å². The van der Waals surface area contributed by atoms with Crippen LogP contribution in [-0.2, 0) is 11.3 Å². The van der Waals surface area contributed by atoms with Crippen LogP contribution in [0.3, 0.4) is 0 Å². The molecule has 0 fully saturated rings. The van der Waals surface area contributed by atoms with Crippen LogP contribution in [0.25, 0.3) is 10.8 Å². The van der Waals surface area contributed by atoms with Crippen LogP contribution in [0.1, 0.15) is 21.8 Å². The van der Waals surface area contributed by atoms with Gasteiger partial charge in [-0.15, -0.1) is 21.5 Å². The summed E-state index contributed by atoms with van der Waals surface area (Å²) >= 11 is 4.80. The van der Waals surface area contributed by atoms with Crippen LogP contribution in [0.2, 0.25) is 0 Å². The summed E-state index contributed by atoms with van der Waals surface area (Å²) in [4.78, 5) is 12.7. The molecule has 5 nitrogen and oxygen atoms in total. The van der Waals surface area contributed by atoms with Gasteiger partial charge in [-0.1, -0.05) is 6.07 Å². The monoisotopic (exact) mass is 396 g/mol. The zero-order valence-corrected chi connectivity index (χ0v) is 14.3. The molecule has 0 saturated carbocycles. The molecule has 8 heteroatoms. The minimum absolute atomic E-state index is 0.134. The van der Waals surface area contributed by atoms with Gasteiger partial charge in [0.25, 0.3) is 11.8 Å². The van der Waals surface area contributed by atoms with E-state index in [1.807, 2.05) is 12.1 Å². The third kappa shape index (κ3) is 3.65. The number of carbonyl (C=O) groups is 1. The zero-order valence-electron chi connectivity index (χ0n) is 11.9. The Morgan fingerprint density at radius 2 is 2.17 bits per heavy atom. The molecule has 0 bridgehead atoms. The molecule has 0 unspecified atom stereocenters. The van der Waals surface area contributed by atoms with Gasteiger partial charge in [0.1, 0.15) is 5.82 Å². The van der Waals surface area contributed by atoms with E-state index >= 15 is 0 Å². The van der Waals surface area contributed by atoms with Crippen molar-refractivity contribution in [3.63, 3.8) is 0 Å². The maximum Gasteiger partial charge on any atom is 0.338 e. The van der Waals surface area contributed by atoms with Crippen molar-refractivity contribution in [2.45, 2.75) is 13.5 Å². The van der Waals surface area contributed by atoms with Gasteiger partial charge < -0.3 is 9.15 Å². The van der Waals surface area contributed by atoms with Crippen LogP contribution in [0.4, 0.5) is 4.39 Å². The first-order chi connectivity index (χ1) is 11.0. The maximum atomic E-state index is 13.4. The number of hydrogen-bond acceptors (Lipinski definition) is 6. The Kier molecular flexibility index (Phi) is 4.53. The molecule has 3 rings (SSSR count). The van der Waals surface area contributed by atoms with E-state index in [1.54, 1.807) is 6.92 Å². The number of esters is 1. The van der Waals surface area contributed by atoms with Crippen LogP contribution in [0.15, 0.2) is 38.5 Å². The number of aryl methyl sites for hydroxylation is 1. The van der Waals surface area contributed by atoms with Gasteiger partial charge in [-0.25, -0.2) is 9.18 Å². The van der Waals surface area contributed by atoms with Gasteiger partial charge in [-0.2, -0.15) is 0 Å². The average molecular weight is 397 g/mol. The van der Waals surface area contributed by atoms with Gasteiger partial charge in [0, 0.05) is 0 Å². The van der Waals surface area contributed by atoms with E-state index in [-0.39, 0.29) is 18.1 Å². The lowest BCUT2D eigenvalue weighted by molar-refractivity contribution is 0.0438. The molecule has 118 valence electrons. The zero-order chi connectivity index (χ0) is 16.4. The second-order valence-corrected chi connectivity index (χ2v) is 7.11. The van der Waals surface area contributed by atoms with Crippen molar-refractivity contribution in [2.75, 3.05) is 0 Å². The van der Waals surface area contributed by atoms with Crippen molar-refractivity contribution in [2.24, 2.45) is 0 Å². The van der Waals surface area contributed by atoms with Crippen LogP contribution >= 0.6 is 27.3 Å². The number of ether oxygens (including phenoxy) is 1. The summed E-state index contributed by atoms with van der Waals surface area (Å²) in [5, 5.41) is 7.72. The molecule has 1 aromatic carbocycles. The predicted molar refractivity (Wildman–Crippen MR) is 85.6 cm³/mol. The second-order valence-electron chi connectivity index (χ2n) is 4.64. The normalized spacial score (nSPS) is 10.7. The molecule has 0 aliphatic carbocycles. The number of carbonyl (C=O) groups excluding carboxylic acids is 1. The van der Waals surface area contributed by atoms with Crippen molar-refractivity contribution in [3.05, 3.63) is 57.0 Å². The van der Waals surface area contributed by atoms with Crippen LogP contribution in [0.5, 0.6) is 0 Å². The van der Waals surface area contributed by atoms with Crippen molar-refractivity contribution in [3.8, 4) is 10.8 Å². The molecule has 0 aliphatic heterocycles. The first-order valence-electron chi connectivity index (χ1n) is 6.54. The summed E-state index contributed by atoms with van der Waals surface area (Å²) < 4.78 is 24.9. The third-order valence-electron chi connectivity index (χ3n) is 2.99. The standard InChI is InChI=1S/C15H10BrFN2O3S/c1-8-2-3-9(6-10(8)17)15(20)21-7-13-18-19-14(22-13)11-4-5-12(16)23-11/h2-6H,7H2,1H3. The highest BCUT2D eigenvalue weighted by molar-refractivity contribution is 9.11. The number of benzene rings is 1. The number of nitrogens with zero attached hydrogens (tertiary/aromatic N) is 2. The highest BCUT2D eigenvalue weighted by Gasteiger charge is 2.14. The van der Waals surface area contributed by atoms with Gasteiger partial charge in [-0.3, -0.25) is 0 Å². The van der Waals surface area contributed by atoms with Crippen molar-refractivity contribution >= 4 is 33.2 Å². The minimum atomic E-state index is -0.650. The molecule has 0 radical (unpaired) electrons. The lowest BCUT2D eigenvalue weighted by Gasteiger charge is -2.03. The van der Waals surface area contributed by atoms with Gasteiger partial charge in [0.15, 0.2) is 6.61 Å². The molecular weight excluding hydrogens is 387 g/mol. The third-order valence-corrected chi connectivity index (χ3v) is 4.60. The van der Waals surface area contributed by atoms with Crippen molar-refractivity contribution < 1.29 is 18.3 Å². The Morgan fingerprint density at radius 1 is 1.35 bits per heavy atom. The Morgan fingerprint density at radius 3 is 2.87 bits per heavy atom. The summed E-state index contributed by atoms with van der Waals surface area (Å²) in [6.45, 7) is 1.45. The summed E-state index contributed by atoms with van der Waals surface area (Å²) in [5.41, 5.74) is 0.597. The molecular formula is C15H10BrFN2O3S.